The van der Waals surface area contributed by atoms with Crippen molar-refractivity contribution in [1.82, 2.24) is 24.4 Å². The van der Waals surface area contributed by atoms with Gasteiger partial charge in [0.2, 0.25) is 15.9 Å². The molecule has 3 aromatic carbocycles. The SMILES string of the molecule is O=C(CSc1nnc(CNC(=O)c2ccc(S(=O)(=O)N3CCCCC3)cc2)n1-c1cccc(Cl)c1)Nc1ccccc1F. The minimum atomic E-state index is -3.61. The molecular formula is C29H28ClFN6O4S2. The van der Waals surface area contributed by atoms with Crippen molar-refractivity contribution in [2.75, 3.05) is 24.2 Å². The number of carbonyl (C=O) groups excluding carboxylic acids is 2. The summed E-state index contributed by atoms with van der Waals surface area (Å²) < 4.78 is 43.0. The van der Waals surface area contributed by atoms with Crippen LogP contribution < -0.4 is 10.6 Å². The maximum atomic E-state index is 13.9. The third kappa shape index (κ3) is 7.42. The van der Waals surface area contributed by atoms with Gasteiger partial charge in [-0.25, -0.2) is 12.8 Å². The topological polar surface area (TPSA) is 126 Å². The van der Waals surface area contributed by atoms with Crippen molar-refractivity contribution in [2.45, 2.75) is 35.9 Å². The van der Waals surface area contributed by atoms with Gasteiger partial charge in [0.05, 0.1) is 28.6 Å². The molecule has 2 N–H and O–H groups in total. The summed E-state index contributed by atoms with van der Waals surface area (Å²) in [7, 11) is -3.61. The Morgan fingerprint density at radius 1 is 0.953 bits per heavy atom. The molecular weight excluding hydrogens is 615 g/mol. The highest BCUT2D eigenvalue weighted by Gasteiger charge is 2.26. The van der Waals surface area contributed by atoms with Crippen LogP contribution >= 0.6 is 23.4 Å². The second-order valence-corrected chi connectivity index (χ2v) is 13.0. The molecule has 1 aromatic heterocycles. The van der Waals surface area contributed by atoms with E-state index in [1.807, 2.05) is 0 Å². The quantitative estimate of drug-likeness (QED) is 0.236. The first-order chi connectivity index (χ1) is 20.7. The highest BCUT2D eigenvalue weighted by molar-refractivity contribution is 7.99. The summed E-state index contributed by atoms with van der Waals surface area (Å²) in [5.74, 6) is -1.11. The highest BCUT2D eigenvalue weighted by Crippen LogP contribution is 2.25. The number of carbonyl (C=O) groups is 2. The van der Waals surface area contributed by atoms with Gasteiger partial charge >= 0.3 is 0 Å². The van der Waals surface area contributed by atoms with E-state index in [1.54, 1.807) is 34.9 Å². The van der Waals surface area contributed by atoms with E-state index in [0.717, 1.165) is 31.0 Å². The number of sulfonamides is 1. The average Bonchev–Trinajstić information content (AvgIpc) is 3.43. The number of hydrogen-bond acceptors (Lipinski definition) is 7. The van der Waals surface area contributed by atoms with Crippen LogP contribution in [0.2, 0.25) is 5.02 Å². The molecule has 0 radical (unpaired) electrons. The van der Waals surface area contributed by atoms with Crippen molar-refractivity contribution in [3.8, 4) is 5.69 Å². The van der Waals surface area contributed by atoms with Crippen LogP contribution in [-0.2, 0) is 21.4 Å². The fourth-order valence-electron chi connectivity index (χ4n) is 4.56. The molecule has 0 spiro atoms. The van der Waals surface area contributed by atoms with Crippen molar-refractivity contribution >= 4 is 50.9 Å². The summed E-state index contributed by atoms with van der Waals surface area (Å²) in [6.45, 7) is 0.969. The van der Waals surface area contributed by atoms with E-state index in [0.29, 0.717) is 34.8 Å². The van der Waals surface area contributed by atoms with Crippen LogP contribution in [-0.4, -0.2) is 58.1 Å². The van der Waals surface area contributed by atoms with E-state index in [2.05, 4.69) is 20.8 Å². The number of hydrogen-bond donors (Lipinski definition) is 2. The van der Waals surface area contributed by atoms with Crippen molar-refractivity contribution in [1.29, 1.82) is 0 Å². The van der Waals surface area contributed by atoms with Crippen molar-refractivity contribution < 1.29 is 22.4 Å². The van der Waals surface area contributed by atoms with Crippen LogP contribution in [0.15, 0.2) is 82.8 Å². The van der Waals surface area contributed by atoms with Crippen LogP contribution in [0.25, 0.3) is 5.69 Å². The molecule has 0 saturated carbocycles. The van der Waals surface area contributed by atoms with Crippen LogP contribution in [0.4, 0.5) is 10.1 Å². The van der Waals surface area contributed by atoms with Gasteiger partial charge in [-0.2, -0.15) is 4.31 Å². The standard InChI is InChI=1S/C29H28ClFN6O4S2/c30-21-7-6-8-22(17-21)37-26(34-35-29(37)42-19-27(38)33-25-10-3-2-9-24(25)31)18-32-28(39)20-11-13-23(14-12-20)43(40,41)36-15-4-1-5-16-36/h2-3,6-14,17H,1,4-5,15-16,18-19H2,(H,32,39)(H,33,38). The summed E-state index contributed by atoms with van der Waals surface area (Å²) in [6.07, 6.45) is 2.68. The van der Waals surface area contributed by atoms with Crippen LogP contribution in [0.5, 0.6) is 0 Å². The van der Waals surface area contributed by atoms with Crippen LogP contribution in [0.3, 0.4) is 0 Å². The molecule has 224 valence electrons. The van der Waals surface area contributed by atoms with Gasteiger partial charge in [-0.15, -0.1) is 10.2 Å². The van der Waals surface area contributed by atoms with Crippen molar-refractivity contribution in [3.05, 3.63) is 95.0 Å². The Morgan fingerprint density at radius 2 is 1.70 bits per heavy atom. The molecule has 0 bridgehead atoms. The minimum absolute atomic E-state index is 0.0197. The first kappa shape index (κ1) is 30.7. The Morgan fingerprint density at radius 3 is 2.42 bits per heavy atom. The molecule has 0 atom stereocenters. The lowest BCUT2D eigenvalue weighted by Gasteiger charge is -2.25. The molecule has 14 heteroatoms. The van der Waals surface area contributed by atoms with Gasteiger partial charge in [-0.05, 0) is 67.4 Å². The second-order valence-electron chi connectivity index (χ2n) is 9.70. The van der Waals surface area contributed by atoms with Gasteiger partial charge in [0, 0.05) is 23.7 Å². The summed E-state index contributed by atoms with van der Waals surface area (Å²) in [5.41, 5.74) is 0.974. The number of halogens is 2. The number of thioether (sulfide) groups is 1. The van der Waals surface area contributed by atoms with E-state index in [-0.39, 0.29) is 28.4 Å². The molecule has 1 aliphatic rings. The Bertz CT molecular complexity index is 1730. The minimum Gasteiger partial charge on any atom is -0.345 e. The van der Waals surface area contributed by atoms with E-state index >= 15 is 0 Å². The van der Waals surface area contributed by atoms with Gasteiger partial charge in [0.25, 0.3) is 5.91 Å². The number of rotatable bonds is 10. The second kappa shape index (κ2) is 13.7. The zero-order valence-electron chi connectivity index (χ0n) is 22.9. The van der Waals surface area contributed by atoms with Gasteiger partial charge in [0.1, 0.15) is 5.82 Å². The molecule has 4 aromatic rings. The third-order valence-electron chi connectivity index (χ3n) is 6.72. The zero-order valence-corrected chi connectivity index (χ0v) is 25.3. The maximum absolute atomic E-state index is 13.9. The number of para-hydroxylation sites is 1. The van der Waals surface area contributed by atoms with E-state index in [4.69, 9.17) is 11.6 Å². The number of aromatic nitrogens is 3. The fourth-order valence-corrected chi connectivity index (χ4v) is 7.03. The first-order valence-electron chi connectivity index (χ1n) is 13.5. The molecule has 1 fully saturated rings. The maximum Gasteiger partial charge on any atom is 0.251 e. The van der Waals surface area contributed by atoms with Crippen molar-refractivity contribution in [3.63, 3.8) is 0 Å². The predicted molar refractivity (Wildman–Crippen MR) is 162 cm³/mol. The number of piperidine rings is 1. The molecule has 1 aliphatic heterocycles. The molecule has 10 nitrogen and oxygen atoms in total. The molecule has 0 aliphatic carbocycles. The molecule has 2 amide bonds. The number of amides is 2. The van der Waals surface area contributed by atoms with Gasteiger partial charge in [-0.3, -0.25) is 14.2 Å². The summed E-state index contributed by atoms with van der Waals surface area (Å²) in [5, 5.41) is 14.6. The Labute approximate surface area is 257 Å². The van der Waals surface area contributed by atoms with E-state index in [9.17, 15) is 22.4 Å². The molecule has 0 unspecified atom stereocenters. The monoisotopic (exact) mass is 642 g/mol. The molecule has 5 rings (SSSR count). The normalized spacial score (nSPS) is 13.9. The summed E-state index contributed by atoms with van der Waals surface area (Å²) in [4.78, 5) is 25.6. The summed E-state index contributed by atoms with van der Waals surface area (Å²) >= 11 is 7.31. The first-order valence-corrected chi connectivity index (χ1v) is 16.3. The summed E-state index contributed by atoms with van der Waals surface area (Å²) in [6, 6.07) is 18.6. The van der Waals surface area contributed by atoms with E-state index in [1.165, 1.54) is 46.8 Å². The van der Waals surface area contributed by atoms with E-state index < -0.39 is 27.7 Å². The lowest BCUT2D eigenvalue weighted by Crippen LogP contribution is -2.35. The highest BCUT2D eigenvalue weighted by atomic mass is 35.5. The number of nitrogens with zero attached hydrogens (tertiary/aromatic N) is 4. The van der Waals surface area contributed by atoms with Crippen molar-refractivity contribution in [2.24, 2.45) is 0 Å². The van der Waals surface area contributed by atoms with Gasteiger partial charge in [0.15, 0.2) is 11.0 Å². The predicted octanol–water partition coefficient (Wildman–Crippen LogP) is 4.90. The molecule has 43 heavy (non-hydrogen) atoms. The largest absolute Gasteiger partial charge is 0.345 e. The Balaban J connectivity index is 1.28. The van der Waals surface area contributed by atoms with Gasteiger partial charge in [-0.1, -0.05) is 48.0 Å². The number of benzene rings is 3. The molecule has 2 heterocycles. The zero-order chi connectivity index (χ0) is 30.4. The Hall–Kier alpha value is -3.78. The number of nitrogens with one attached hydrogen (secondary N) is 2. The van der Waals surface area contributed by atoms with Crippen LogP contribution in [0, 0.1) is 5.82 Å². The lowest BCUT2D eigenvalue weighted by atomic mass is 10.2. The fraction of sp³-hybridized carbons (Fsp3) is 0.241. The third-order valence-corrected chi connectivity index (χ3v) is 9.80. The average molecular weight is 643 g/mol. The Kier molecular flexibility index (Phi) is 9.76. The van der Waals surface area contributed by atoms with Crippen LogP contribution in [0.1, 0.15) is 35.4 Å². The smallest absolute Gasteiger partial charge is 0.251 e. The number of anilines is 1. The molecule has 1 saturated heterocycles. The van der Waals surface area contributed by atoms with Gasteiger partial charge < -0.3 is 10.6 Å². The lowest BCUT2D eigenvalue weighted by molar-refractivity contribution is -0.113.